The van der Waals surface area contributed by atoms with Crippen LogP contribution in [0.25, 0.3) is 0 Å². The molecule has 1 aliphatic heterocycles. The molecule has 2 atom stereocenters. The Kier molecular flexibility index (Phi) is 6.61. The second kappa shape index (κ2) is 7.46. The fourth-order valence-electron chi connectivity index (χ4n) is 2.34. The van der Waals surface area contributed by atoms with Crippen molar-refractivity contribution in [3.63, 3.8) is 0 Å². The van der Waals surface area contributed by atoms with Crippen molar-refractivity contribution in [1.29, 1.82) is 0 Å². The third-order valence-electron chi connectivity index (χ3n) is 3.76. The lowest BCUT2D eigenvalue weighted by molar-refractivity contribution is 0.000430. The van der Waals surface area contributed by atoms with Crippen molar-refractivity contribution < 1.29 is 4.74 Å². The van der Waals surface area contributed by atoms with Crippen LogP contribution in [0, 0.1) is 0 Å². The quantitative estimate of drug-likeness (QED) is 0.791. The normalized spacial score (nSPS) is 24.2. The van der Waals surface area contributed by atoms with E-state index in [0.29, 0.717) is 12.1 Å². The number of piperidine rings is 1. The van der Waals surface area contributed by atoms with Crippen molar-refractivity contribution in [1.82, 2.24) is 10.2 Å². The summed E-state index contributed by atoms with van der Waals surface area (Å²) < 4.78 is 6.09. The molecule has 0 aromatic rings. The molecule has 1 N–H and O–H groups in total. The molecule has 0 radical (unpaired) electrons. The van der Waals surface area contributed by atoms with Gasteiger partial charge in [0, 0.05) is 18.1 Å². The van der Waals surface area contributed by atoms with Crippen molar-refractivity contribution in [2.24, 2.45) is 0 Å². The van der Waals surface area contributed by atoms with Crippen LogP contribution in [-0.2, 0) is 4.74 Å². The molecule has 0 saturated carbocycles. The minimum absolute atomic E-state index is 0.179. The number of hydrogen-bond acceptors (Lipinski definition) is 3. The van der Waals surface area contributed by atoms with E-state index in [0.717, 1.165) is 19.6 Å². The van der Waals surface area contributed by atoms with Gasteiger partial charge in [-0.1, -0.05) is 13.3 Å². The molecule has 0 spiro atoms. The van der Waals surface area contributed by atoms with E-state index in [2.05, 4.69) is 45.0 Å². The van der Waals surface area contributed by atoms with Gasteiger partial charge < -0.3 is 15.0 Å². The number of rotatable bonds is 6. The SMILES string of the molecule is CCC(CNC(C)(C)C)OCC1CCCCN1C. The van der Waals surface area contributed by atoms with Crippen LogP contribution in [0.1, 0.15) is 53.4 Å². The maximum absolute atomic E-state index is 6.09. The van der Waals surface area contributed by atoms with Crippen LogP contribution < -0.4 is 5.32 Å². The van der Waals surface area contributed by atoms with Gasteiger partial charge in [-0.05, 0) is 53.6 Å². The second-order valence-electron chi connectivity index (χ2n) is 6.62. The van der Waals surface area contributed by atoms with Gasteiger partial charge in [-0.2, -0.15) is 0 Å². The van der Waals surface area contributed by atoms with Gasteiger partial charge in [0.05, 0.1) is 12.7 Å². The van der Waals surface area contributed by atoms with Gasteiger partial charge in [0.1, 0.15) is 0 Å². The summed E-state index contributed by atoms with van der Waals surface area (Å²) >= 11 is 0. The molecule has 1 fully saturated rings. The second-order valence-corrected chi connectivity index (χ2v) is 6.62. The number of nitrogens with zero attached hydrogens (tertiary/aromatic N) is 1. The number of ether oxygens (including phenoxy) is 1. The summed E-state index contributed by atoms with van der Waals surface area (Å²) in [5.41, 5.74) is 0.179. The minimum Gasteiger partial charge on any atom is -0.375 e. The summed E-state index contributed by atoms with van der Waals surface area (Å²) in [6, 6.07) is 0.627. The van der Waals surface area contributed by atoms with Gasteiger partial charge in [0.2, 0.25) is 0 Å². The zero-order valence-corrected chi connectivity index (χ0v) is 13.0. The summed E-state index contributed by atoms with van der Waals surface area (Å²) in [4.78, 5) is 2.45. The number of likely N-dealkylation sites (N-methyl/N-ethyl adjacent to an activating group) is 1. The Bertz CT molecular complexity index is 225. The highest BCUT2D eigenvalue weighted by atomic mass is 16.5. The molecule has 3 nitrogen and oxygen atoms in total. The van der Waals surface area contributed by atoms with Gasteiger partial charge in [0.25, 0.3) is 0 Å². The summed E-state index contributed by atoms with van der Waals surface area (Å²) in [5.74, 6) is 0. The fraction of sp³-hybridized carbons (Fsp3) is 1.00. The molecule has 2 unspecified atom stereocenters. The topological polar surface area (TPSA) is 24.5 Å². The molecule has 3 heteroatoms. The van der Waals surface area contributed by atoms with Crippen LogP contribution in [0.3, 0.4) is 0 Å². The zero-order valence-electron chi connectivity index (χ0n) is 13.0. The van der Waals surface area contributed by atoms with E-state index in [1.54, 1.807) is 0 Å². The summed E-state index contributed by atoms with van der Waals surface area (Å²) in [6.07, 6.45) is 5.42. The number of likely N-dealkylation sites (tertiary alicyclic amines) is 1. The fourth-order valence-corrected chi connectivity index (χ4v) is 2.34. The number of hydrogen-bond donors (Lipinski definition) is 1. The largest absolute Gasteiger partial charge is 0.375 e. The van der Waals surface area contributed by atoms with Crippen LogP contribution in [0.2, 0.25) is 0 Å². The van der Waals surface area contributed by atoms with Gasteiger partial charge in [-0.25, -0.2) is 0 Å². The Morgan fingerprint density at radius 1 is 1.33 bits per heavy atom. The molecular weight excluding hydrogens is 224 g/mol. The molecule has 0 amide bonds. The molecule has 0 aromatic carbocycles. The maximum Gasteiger partial charge on any atom is 0.0697 e. The van der Waals surface area contributed by atoms with Crippen LogP contribution >= 0.6 is 0 Å². The van der Waals surface area contributed by atoms with E-state index in [1.807, 2.05) is 0 Å². The van der Waals surface area contributed by atoms with Gasteiger partial charge in [-0.15, -0.1) is 0 Å². The molecule has 0 aromatic heterocycles. The predicted molar refractivity (Wildman–Crippen MR) is 78.1 cm³/mol. The van der Waals surface area contributed by atoms with E-state index in [-0.39, 0.29) is 5.54 Å². The van der Waals surface area contributed by atoms with Gasteiger partial charge in [0.15, 0.2) is 0 Å². The molecule has 108 valence electrons. The molecular formula is C15H32N2O. The van der Waals surface area contributed by atoms with E-state index in [1.165, 1.54) is 25.8 Å². The first-order chi connectivity index (χ1) is 8.42. The Hall–Kier alpha value is -0.120. The third-order valence-corrected chi connectivity index (χ3v) is 3.76. The van der Waals surface area contributed by atoms with Crippen LogP contribution in [0.4, 0.5) is 0 Å². The first kappa shape index (κ1) is 15.9. The van der Waals surface area contributed by atoms with Crippen molar-refractivity contribution in [3.8, 4) is 0 Å². The van der Waals surface area contributed by atoms with E-state index in [4.69, 9.17) is 4.74 Å². The van der Waals surface area contributed by atoms with Crippen LogP contribution in [0.15, 0.2) is 0 Å². The summed E-state index contributed by atoms with van der Waals surface area (Å²) in [7, 11) is 2.22. The van der Waals surface area contributed by atoms with Gasteiger partial charge >= 0.3 is 0 Å². The Balaban J connectivity index is 2.25. The van der Waals surface area contributed by atoms with Crippen molar-refractivity contribution >= 4 is 0 Å². The predicted octanol–water partition coefficient (Wildman–Crippen LogP) is 2.65. The monoisotopic (exact) mass is 256 g/mol. The first-order valence-electron chi connectivity index (χ1n) is 7.49. The average Bonchev–Trinajstić information content (AvgIpc) is 2.30. The molecule has 1 rings (SSSR count). The Morgan fingerprint density at radius 2 is 2.06 bits per heavy atom. The maximum atomic E-state index is 6.09. The number of nitrogens with one attached hydrogen (secondary N) is 1. The van der Waals surface area contributed by atoms with E-state index >= 15 is 0 Å². The molecule has 0 aliphatic carbocycles. The van der Waals surface area contributed by atoms with E-state index < -0.39 is 0 Å². The smallest absolute Gasteiger partial charge is 0.0697 e. The highest BCUT2D eigenvalue weighted by Gasteiger charge is 2.21. The van der Waals surface area contributed by atoms with Crippen LogP contribution in [-0.4, -0.2) is 49.3 Å². The molecule has 18 heavy (non-hydrogen) atoms. The van der Waals surface area contributed by atoms with Crippen molar-refractivity contribution in [2.75, 3.05) is 26.7 Å². The van der Waals surface area contributed by atoms with Crippen molar-refractivity contribution in [3.05, 3.63) is 0 Å². The Morgan fingerprint density at radius 3 is 2.61 bits per heavy atom. The summed E-state index contributed by atoms with van der Waals surface area (Å²) in [6.45, 7) is 11.9. The first-order valence-corrected chi connectivity index (χ1v) is 7.49. The van der Waals surface area contributed by atoms with Crippen LogP contribution in [0.5, 0.6) is 0 Å². The van der Waals surface area contributed by atoms with Gasteiger partial charge in [-0.3, -0.25) is 0 Å². The lowest BCUT2D eigenvalue weighted by Crippen LogP contribution is -2.44. The molecule has 0 bridgehead atoms. The standard InChI is InChI=1S/C15H32N2O/c1-6-14(11-16-15(2,3)4)18-12-13-9-7-8-10-17(13)5/h13-14,16H,6-12H2,1-5H3. The van der Waals surface area contributed by atoms with E-state index in [9.17, 15) is 0 Å². The molecule has 1 aliphatic rings. The average molecular weight is 256 g/mol. The van der Waals surface area contributed by atoms with Crippen molar-refractivity contribution in [2.45, 2.75) is 71.1 Å². The third kappa shape index (κ3) is 6.17. The highest BCUT2D eigenvalue weighted by Crippen LogP contribution is 2.16. The zero-order chi connectivity index (χ0) is 13.6. The molecule has 1 heterocycles. The Labute approximate surface area is 113 Å². The summed E-state index contributed by atoms with van der Waals surface area (Å²) in [5, 5.41) is 3.53. The highest BCUT2D eigenvalue weighted by molar-refractivity contribution is 4.76. The minimum atomic E-state index is 0.179. The lowest BCUT2D eigenvalue weighted by Gasteiger charge is -2.33. The molecule has 1 saturated heterocycles. The lowest BCUT2D eigenvalue weighted by atomic mass is 10.0.